The molecule has 8 heterocycles. The highest BCUT2D eigenvalue weighted by molar-refractivity contribution is 9.11. The Balaban J connectivity index is 0.000000117. The number of Topliss-reactive ketones (excluding diaryl/α,β-unsaturated/α-hetero) is 4. The Labute approximate surface area is 742 Å². The second-order valence-electron chi connectivity index (χ2n) is 30.3. The second kappa shape index (κ2) is 32.7. The van der Waals surface area contributed by atoms with Crippen LogP contribution in [0, 0.1) is 26.6 Å². The number of nitrogens with one attached hydrogen (secondary N) is 8. The van der Waals surface area contributed by atoms with Crippen molar-refractivity contribution in [2.75, 3.05) is 49.7 Å². The fourth-order valence-electron chi connectivity index (χ4n) is 17.3. The number of methoxy groups -OCH3 is 4. The lowest BCUT2D eigenvalue weighted by molar-refractivity contribution is -0.145. The molecule has 0 fully saturated rings. The highest BCUT2D eigenvalue weighted by atomic mass is 79.9. The van der Waals surface area contributed by atoms with E-state index in [0.717, 1.165) is 83.9 Å². The smallest absolute Gasteiger partial charge is 0.344 e. The van der Waals surface area contributed by atoms with Crippen molar-refractivity contribution in [3.8, 4) is 45.0 Å². The van der Waals surface area contributed by atoms with Crippen molar-refractivity contribution in [2.24, 2.45) is 0 Å². The van der Waals surface area contributed by atoms with Gasteiger partial charge in [0, 0.05) is 129 Å². The number of anilines is 4. The Hall–Kier alpha value is -13.6. The fourth-order valence-corrected chi connectivity index (χ4v) is 18.7. The number of aromatic nitrogens is 4. The molecule has 0 spiro atoms. The monoisotopic (exact) mass is 1900 g/mol. The van der Waals surface area contributed by atoms with E-state index in [-0.39, 0.29) is 23.2 Å². The van der Waals surface area contributed by atoms with Crippen molar-refractivity contribution in [1.82, 2.24) is 19.9 Å². The number of H-pyrrole nitrogens is 4. The summed E-state index contributed by atoms with van der Waals surface area (Å²) in [5, 5.41) is 15.9. The largest absolute Gasteiger partial charge is 0.467 e. The van der Waals surface area contributed by atoms with E-state index >= 15 is 0 Å². The molecule has 4 aliphatic rings. The first-order valence-electron chi connectivity index (χ1n) is 39.1. The number of rotatable bonds is 12. The molecule has 20 nitrogen and oxygen atoms in total. The first kappa shape index (κ1) is 82.7. The molecule has 4 aliphatic heterocycles. The van der Waals surface area contributed by atoms with E-state index in [2.05, 4.69) is 105 Å². The number of ketones is 4. The van der Waals surface area contributed by atoms with Gasteiger partial charge in [0.25, 0.3) is 0 Å². The number of carbonyl (C=O) groups excluding carboxylic acids is 8. The van der Waals surface area contributed by atoms with Gasteiger partial charge in [0.15, 0.2) is 0 Å². The van der Waals surface area contributed by atoms with Crippen LogP contribution in [0.2, 0.25) is 0 Å². The van der Waals surface area contributed by atoms with Gasteiger partial charge in [-0.2, -0.15) is 0 Å². The number of aryl methyl sites for hydroxylation is 3. The summed E-state index contributed by atoms with van der Waals surface area (Å²) >= 11 is 13.8. The third-order valence-corrected chi connectivity index (χ3v) is 25.0. The van der Waals surface area contributed by atoms with Gasteiger partial charge in [0.2, 0.25) is 45.3 Å². The van der Waals surface area contributed by atoms with Crippen molar-refractivity contribution in [3.05, 3.63) is 352 Å². The summed E-state index contributed by atoms with van der Waals surface area (Å²) in [5.41, 5.74) is 11.2. The summed E-state index contributed by atoms with van der Waals surface area (Å²) < 4.78 is 38.0. The summed E-state index contributed by atoms with van der Waals surface area (Å²) in [7, 11) is 5.17. The SMILES string of the molecule is COC(=O)C1(c2c(-c3ccc(C)cc3)[nH]c3ccccc23)Nc2cc(Br)ccc2C1=O.COC(=O)C1(c2c(-c3ccc(C)cc3)[nH]c3ccccc23)Nc2cc(Br)ccc2C1=O.COC(=O)C1(c2c(-c3ccc(F)c(C)c3)[nH]c3ccccc23)Nc2cc(Br)ccc2C1=O.COC(=O)C1(c2c(-c3ccccc3)[nH]c3ccccc23)Nc2cc(Br)ccc2C1=O. The van der Waals surface area contributed by atoms with Gasteiger partial charge < -0.3 is 60.2 Å². The number of para-hydroxylation sites is 4. The van der Waals surface area contributed by atoms with E-state index in [1.165, 1.54) is 34.5 Å². The van der Waals surface area contributed by atoms with Gasteiger partial charge in [0.05, 0.1) is 51.2 Å². The van der Waals surface area contributed by atoms with Crippen LogP contribution < -0.4 is 21.3 Å². The molecule has 8 N–H and O–H groups in total. The van der Waals surface area contributed by atoms with E-state index in [1.807, 2.05) is 190 Å². The maximum absolute atomic E-state index is 14.0. The topological polar surface area (TPSA) is 285 Å². The number of halogens is 5. The summed E-state index contributed by atoms with van der Waals surface area (Å²) in [6.07, 6.45) is 0. The third kappa shape index (κ3) is 13.6. The normalized spacial score (nSPS) is 17.5. The standard InChI is InChI=1S/C25H18BrFN2O3.2C25H19BrN2O3.C24H17BrN2O3/c1-13-11-14(7-10-18(13)27)22-21(16-5-3-4-6-19(16)28-22)25(24(31)32-2)23(30)17-9-8-15(26)12-20(17)29-25;2*1-14-7-9-15(10-8-14)22-21(17-5-3-4-6-19(17)27-22)25(24(30)31-2)23(29)18-12-11-16(26)13-20(18)28-25;1-30-23(29)24(22(28)17-12-11-15(25)13-19(17)27-24)20-16-9-5-6-10-18(16)26-21(20)14-7-3-2-4-8-14/h3-12,28-29H,1-2H3;2*3-13,27-28H,1-2H3;2-13,26-27H,1H3. The van der Waals surface area contributed by atoms with Crippen LogP contribution >= 0.6 is 63.7 Å². The predicted octanol–water partition coefficient (Wildman–Crippen LogP) is 22.2. The van der Waals surface area contributed by atoms with Crippen LogP contribution in [0.1, 0.15) is 80.4 Å². The maximum Gasteiger partial charge on any atom is 0.344 e. The minimum absolute atomic E-state index is 0.332. The number of aromatic amines is 4. The first-order valence-corrected chi connectivity index (χ1v) is 42.3. The van der Waals surface area contributed by atoms with Gasteiger partial charge in [0.1, 0.15) is 5.82 Å². The molecule has 4 atom stereocenters. The Morgan fingerprint density at radius 2 is 0.532 bits per heavy atom. The molecule has 0 aliphatic carbocycles. The number of hydrogen-bond donors (Lipinski definition) is 8. The Morgan fingerprint density at radius 3 is 0.798 bits per heavy atom. The van der Waals surface area contributed by atoms with Crippen molar-refractivity contribution in [3.63, 3.8) is 0 Å². The van der Waals surface area contributed by atoms with Gasteiger partial charge in [-0.3, -0.25) is 19.2 Å². The van der Waals surface area contributed by atoms with Crippen LogP contribution in [0.3, 0.4) is 0 Å². The highest BCUT2D eigenvalue weighted by Crippen LogP contribution is 2.53. The van der Waals surface area contributed by atoms with Crippen molar-refractivity contribution in [2.45, 2.75) is 42.9 Å². The van der Waals surface area contributed by atoms with E-state index in [1.54, 1.807) is 91.9 Å². The molecule has 4 aromatic heterocycles. The average Bonchev–Trinajstić information content (AvgIpc) is 1.57. The molecular weight excluding hydrogens is 1830 g/mol. The lowest BCUT2D eigenvalue weighted by atomic mass is 9.82. The van der Waals surface area contributed by atoms with Gasteiger partial charge in [-0.15, -0.1) is 0 Å². The molecule has 20 rings (SSSR count). The first-order chi connectivity index (χ1) is 59.8. The second-order valence-corrected chi connectivity index (χ2v) is 33.9. The van der Waals surface area contributed by atoms with Crippen molar-refractivity contribution < 1.29 is 61.7 Å². The quantitative estimate of drug-likeness (QED) is 0.0320. The molecule has 616 valence electrons. The molecular formula is C99H73Br4FN8O12. The van der Waals surface area contributed by atoms with Crippen molar-refractivity contribution >= 4 is 177 Å². The zero-order chi connectivity index (χ0) is 87.0. The van der Waals surface area contributed by atoms with Crippen LogP contribution in [0.25, 0.3) is 88.6 Å². The lowest BCUT2D eigenvalue weighted by Crippen LogP contribution is -2.47. The molecule has 4 unspecified atom stereocenters. The number of fused-ring (bicyclic) bond motifs is 8. The van der Waals surface area contributed by atoms with E-state index < -0.39 is 51.8 Å². The van der Waals surface area contributed by atoms with E-state index in [9.17, 15) is 42.7 Å². The zero-order valence-corrected chi connectivity index (χ0v) is 73.5. The van der Waals surface area contributed by atoms with Crippen LogP contribution in [0.15, 0.2) is 285 Å². The van der Waals surface area contributed by atoms with Crippen LogP contribution in [-0.2, 0) is 60.3 Å². The molecule has 124 heavy (non-hydrogen) atoms. The number of carbonyl (C=O) groups is 8. The van der Waals surface area contributed by atoms with Gasteiger partial charge in [-0.25, -0.2) is 23.6 Å². The summed E-state index contributed by atoms with van der Waals surface area (Å²) in [6.45, 7) is 5.70. The number of esters is 4. The van der Waals surface area contributed by atoms with E-state index in [4.69, 9.17) is 18.9 Å². The Kier molecular flexibility index (Phi) is 21.8. The summed E-state index contributed by atoms with van der Waals surface area (Å²) in [4.78, 5) is 122. The molecule has 0 amide bonds. The van der Waals surface area contributed by atoms with Gasteiger partial charge >= 0.3 is 23.9 Å². The molecule has 12 aromatic carbocycles. The summed E-state index contributed by atoms with van der Waals surface area (Å²) in [6, 6.07) is 81.8. The molecule has 0 saturated heterocycles. The minimum Gasteiger partial charge on any atom is -0.467 e. The van der Waals surface area contributed by atoms with Crippen LogP contribution in [-0.4, -0.2) is 95.4 Å². The number of ether oxygens (including phenoxy) is 4. The third-order valence-electron chi connectivity index (χ3n) is 23.0. The minimum atomic E-state index is -1.80. The van der Waals surface area contributed by atoms with Crippen molar-refractivity contribution in [1.29, 1.82) is 0 Å². The zero-order valence-electron chi connectivity index (χ0n) is 67.2. The molecule has 0 bridgehead atoms. The number of hydrogen-bond acceptors (Lipinski definition) is 16. The van der Waals surface area contributed by atoms with Crippen LogP contribution in [0.4, 0.5) is 27.1 Å². The molecule has 0 saturated carbocycles. The molecule has 25 heteroatoms. The summed E-state index contributed by atoms with van der Waals surface area (Å²) in [5.74, 6) is -4.41. The predicted molar refractivity (Wildman–Crippen MR) is 492 cm³/mol. The van der Waals surface area contributed by atoms with Crippen LogP contribution in [0.5, 0.6) is 0 Å². The highest BCUT2D eigenvalue weighted by Gasteiger charge is 2.61. The van der Waals surface area contributed by atoms with E-state index in [0.29, 0.717) is 107 Å². The molecule has 16 aromatic rings. The Bertz CT molecular complexity index is 6930. The lowest BCUT2D eigenvalue weighted by Gasteiger charge is -2.27. The average molecular weight is 1910 g/mol. The van der Waals surface area contributed by atoms with Gasteiger partial charge in [-0.05, 0) is 164 Å². The van der Waals surface area contributed by atoms with Gasteiger partial charge in [-0.1, -0.05) is 227 Å². The maximum atomic E-state index is 14.0. The molecule has 0 radical (unpaired) electrons. The number of benzene rings is 12. The fraction of sp³-hybridized carbons (Fsp3) is 0.111. The Morgan fingerprint density at radius 1 is 0.290 bits per heavy atom.